The number of carboxylic acid groups (broad SMARTS) is 1. The fourth-order valence-electron chi connectivity index (χ4n) is 1.30. The molecule has 1 aromatic carbocycles. The number of hydrogen-bond donors (Lipinski definition) is 1. The van der Waals surface area contributed by atoms with E-state index in [2.05, 4.69) is 10.2 Å². The average molecular weight is 273 g/mol. The minimum Gasteiger partial charge on any atom is -0.497 e. The van der Waals surface area contributed by atoms with Crippen molar-refractivity contribution in [2.24, 2.45) is 0 Å². The van der Waals surface area contributed by atoms with Crippen molar-refractivity contribution in [2.45, 2.75) is 6.42 Å². The van der Waals surface area contributed by atoms with E-state index in [9.17, 15) is 4.79 Å². The van der Waals surface area contributed by atoms with E-state index >= 15 is 0 Å². The van der Waals surface area contributed by atoms with Gasteiger partial charge in [-0.2, -0.15) is 0 Å². The van der Waals surface area contributed by atoms with Crippen molar-refractivity contribution in [1.82, 2.24) is 10.2 Å². The van der Waals surface area contributed by atoms with Crippen LogP contribution in [0, 0.1) is 0 Å². The molecule has 0 aliphatic heterocycles. The van der Waals surface area contributed by atoms with Gasteiger partial charge in [0.2, 0.25) is 11.8 Å². The van der Waals surface area contributed by atoms with Gasteiger partial charge in [-0.3, -0.25) is 4.79 Å². The predicted octanol–water partition coefficient (Wildman–Crippen LogP) is 0.991. The van der Waals surface area contributed by atoms with Gasteiger partial charge in [-0.1, -0.05) is 0 Å². The third kappa shape index (κ3) is 3.89. The summed E-state index contributed by atoms with van der Waals surface area (Å²) in [4.78, 5) is 10.5. The summed E-state index contributed by atoms with van der Waals surface area (Å²) in [5.74, 6) is 0.0983. The van der Waals surface area contributed by atoms with Crippen LogP contribution in [0.15, 0.2) is 28.7 Å². The Labute approximate surface area is 146 Å². The molecule has 0 saturated heterocycles. The molecule has 18 heavy (non-hydrogen) atoms. The zero-order valence-corrected chi connectivity index (χ0v) is 13.2. The Morgan fingerprint density at radius 1 is 1.33 bits per heavy atom. The van der Waals surface area contributed by atoms with Crippen molar-refractivity contribution in [1.29, 1.82) is 0 Å². The number of benzene rings is 1. The van der Waals surface area contributed by atoms with Crippen molar-refractivity contribution in [2.75, 3.05) is 7.11 Å². The minimum atomic E-state index is -1.00. The molecule has 6 nitrogen and oxygen atoms in total. The Balaban J connectivity index is 0.00000162. The molecular weight excluding hydrogens is 263 g/mol. The van der Waals surface area contributed by atoms with E-state index in [1.807, 2.05) is 0 Å². The monoisotopic (exact) mass is 273 g/mol. The molecular formula is C11H10KN2O4. The van der Waals surface area contributed by atoms with Gasteiger partial charge in [-0.15, -0.1) is 10.2 Å². The summed E-state index contributed by atoms with van der Waals surface area (Å²) >= 11 is 0. The van der Waals surface area contributed by atoms with Crippen molar-refractivity contribution in [3.8, 4) is 17.2 Å². The number of aromatic nitrogens is 2. The standard InChI is InChI=1S/C11H10N2O4.K/c1-16-8-4-2-7(3-5-8)11-13-12-9(17-11)6-10(14)15;/h2-5H,6H2,1H3,(H,14,15);. The Morgan fingerprint density at radius 2 is 2.00 bits per heavy atom. The fourth-order valence-corrected chi connectivity index (χ4v) is 1.30. The molecule has 7 heteroatoms. The van der Waals surface area contributed by atoms with E-state index in [-0.39, 0.29) is 63.7 Å². The Bertz CT molecular complexity index is 524. The summed E-state index contributed by atoms with van der Waals surface area (Å²) < 4.78 is 10.2. The Kier molecular flexibility index (Phi) is 5.96. The van der Waals surface area contributed by atoms with Crippen LogP contribution in [0.5, 0.6) is 5.75 Å². The molecule has 0 saturated carbocycles. The molecule has 0 bridgehead atoms. The van der Waals surface area contributed by atoms with Gasteiger partial charge in [0.1, 0.15) is 12.2 Å². The maximum atomic E-state index is 10.5. The molecule has 1 N–H and O–H groups in total. The number of rotatable bonds is 4. The van der Waals surface area contributed by atoms with Crippen LogP contribution in [0.3, 0.4) is 0 Å². The summed E-state index contributed by atoms with van der Waals surface area (Å²) in [6.07, 6.45) is -0.275. The van der Waals surface area contributed by atoms with Crippen LogP contribution < -0.4 is 4.74 Å². The van der Waals surface area contributed by atoms with Crippen LogP contribution in [-0.4, -0.2) is 79.8 Å². The Hall–Kier alpha value is -0.734. The van der Waals surface area contributed by atoms with Gasteiger partial charge < -0.3 is 14.3 Å². The molecule has 0 aliphatic rings. The van der Waals surface area contributed by atoms with E-state index in [1.54, 1.807) is 31.4 Å². The van der Waals surface area contributed by atoms with Crippen LogP contribution in [0.2, 0.25) is 0 Å². The van der Waals surface area contributed by atoms with Crippen molar-refractivity contribution >= 4 is 57.4 Å². The SMILES string of the molecule is COc1ccc(-c2nnc(CC(=O)O)o2)cc1.[K]. The van der Waals surface area contributed by atoms with Gasteiger partial charge in [0.05, 0.1) is 7.11 Å². The van der Waals surface area contributed by atoms with Gasteiger partial charge in [-0.25, -0.2) is 0 Å². The Morgan fingerprint density at radius 3 is 2.56 bits per heavy atom. The van der Waals surface area contributed by atoms with E-state index in [4.69, 9.17) is 14.3 Å². The second-order valence-corrected chi connectivity index (χ2v) is 3.30. The quantitative estimate of drug-likeness (QED) is 0.836. The summed E-state index contributed by atoms with van der Waals surface area (Å²) in [5.41, 5.74) is 0.718. The molecule has 1 radical (unpaired) electrons. The van der Waals surface area contributed by atoms with Crippen molar-refractivity contribution in [3.63, 3.8) is 0 Å². The van der Waals surface area contributed by atoms with Gasteiger partial charge in [0, 0.05) is 56.9 Å². The normalized spacial score (nSPS) is 9.61. The minimum absolute atomic E-state index is 0. The molecule has 0 fully saturated rings. The topological polar surface area (TPSA) is 85.5 Å². The summed E-state index contributed by atoms with van der Waals surface area (Å²) in [6.45, 7) is 0. The molecule has 0 atom stereocenters. The average Bonchev–Trinajstić information content (AvgIpc) is 2.77. The molecule has 2 rings (SSSR count). The molecule has 2 aromatic rings. The van der Waals surface area contributed by atoms with Gasteiger partial charge in [0.25, 0.3) is 0 Å². The van der Waals surface area contributed by atoms with Gasteiger partial charge >= 0.3 is 5.97 Å². The third-order valence-corrected chi connectivity index (χ3v) is 2.11. The van der Waals surface area contributed by atoms with Crippen LogP contribution in [-0.2, 0) is 11.2 Å². The molecule has 0 unspecified atom stereocenters. The zero-order valence-electron chi connectivity index (χ0n) is 10.1. The fraction of sp³-hybridized carbons (Fsp3) is 0.182. The van der Waals surface area contributed by atoms with Crippen molar-refractivity contribution < 1.29 is 19.1 Å². The number of methoxy groups -OCH3 is 1. The maximum absolute atomic E-state index is 10.5. The molecule has 0 aliphatic carbocycles. The van der Waals surface area contributed by atoms with E-state index < -0.39 is 5.97 Å². The first-order valence-electron chi connectivity index (χ1n) is 4.87. The number of hydrogen-bond acceptors (Lipinski definition) is 5. The molecule has 1 heterocycles. The smallest absolute Gasteiger partial charge is 0.312 e. The third-order valence-electron chi connectivity index (χ3n) is 2.11. The predicted molar refractivity (Wildman–Crippen MR) is 63.4 cm³/mol. The molecule has 0 spiro atoms. The van der Waals surface area contributed by atoms with Crippen LogP contribution in [0.25, 0.3) is 11.5 Å². The number of carboxylic acids is 1. The molecule has 0 amide bonds. The first-order chi connectivity index (χ1) is 8.19. The number of aliphatic carboxylic acids is 1. The van der Waals surface area contributed by atoms with Crippen molar-refractivity contribution in [3.05, 3.63) is 30.2 Å². The first-order valence-corrected chi connectivity index (χ1v) is 4.87. The molecule has 1 aromatic heterocycles. The van der Waals surface area contributed by atoms with E-state index in [0.717, 1.165) is 11.3 Å². The maximum Gasteiger partial charge on any atom is 0.312 e. The van der Waals surface area contributed by atoms with Crippen LogP contribution in [0.4, 0.5) is 0 Å². The first kappa shape index (κ1) is 15.3. The largest absolute Gasteiger partial charge is 0.497 e. The number of nitrogens with zero attached hydrogens (tertiary/aromatic N) is 2. The van der Waals surface area contributed by atoms with Gasteiger partial charge in [-0.05, 0) is 24.3 Å². The molecule has 89 valence electrons. The second kappa shape index (κ2) is 7.00. The number of ether oxygens (including phenoxy) is 1. The van der Waals surface area contributed by atoms with Gasteiger partial charge in [0.15, 0.2) is 0 Å². The summed E-state index contributed by atoms with van der Waals surface area (Å²) in [5, 5.41) is 16.0. The second-order valence-electron chi connectivity index (χ2n) is 3.30. The van der Waals surface area contributed by atoms with E-state index in [0.29, 0.717) is 5.89 Å². The summed E-state index contributed by atoms with van der Waals surface area (Å²) in [6, 6.07) is 7.04. The van der Waals surface area contributed by atoms with Crippen LogP contribution in [0.1, 0.15) is 5.89 Å². The summed E-state index contributed by atoms with van der Waals surface area (Å²) in [7, 11) is 1.58. The van der Waals surface area contributed by atoms with E-state index in [1.165, 1.54) is 0 Å². The zero-order chi connectivity index (χ0) is 12.3. The van der Waals surface area contributed by atoms with Crippen LogP contribution >= 0.6 is 0 Å². The number of carbonyl (C=O) groups is 1.